The third-order valence-corrected chi connectivity index (χ3v) is 5.57. The Morgan fingerprint density at radius 2 is 1.69 bits per heavy atom. The quantitative estimate of drug-likeness (QED) is 0.457. The Kier molecular flexibility index (Phi) is 6.95. The van der Waals surface area contributed by atoms with Crippen molar-refractivity contribution in [2.75, 3.05) is 18.0 Å². The summed E-state index contributed by atoms with van der Waals surface area (Å²) >= 11 is 0. The average Bonchev–Trinajstić information content (AvgIpc) is 3.23. The lowest BCUT2D eigenvalue weighted by atomic mass is 10.1. The Bertz CT molecular complexity index is 1510. The van der Waals surface area contributed by atoms with Gasteiger partial charge in [0.05, 0.1) is 11.8 Å². The average molecular weight is 567 g/mol. The molecule has 208 valence electrons. The monoisotopic (exact) mass is 567 g/mol. The Morgan fingerprint density at radius 1 is 1.05 bits per heavy atom. The summed E-state index contributed by atoms with van der Waals surface area (Å²) in [5, 5.41) is 2.95. The van der Waals surface area contributed by atoms with Crippen molar-refractivity contribution in [1.82, 2.24) is 20.2 Å². The molecule has 0 radical (unpaired) electrons. The van der Waals surface area contributed by atoms with E-state index in [1.54, 1.807) is 0 Å². The highest BCUT2D eigenvalue weighted by Gasteiger charge is 2.47. The van der Waals surface area contributed by atoms with Crippen molar-refractivity contribution >= 4 is 28.8 Å². The first-order chi connectivity index (χ1) is 18.1. The summed E-state index contributed by atoms with van der Waals surface area (Å²) in [5.74, 6) is -6.60. The first-order valence-corrected chi connectivity index (χ1v) is 10.8. The number of alkyl halides is 6. The molecule has 8 nitrogen and oxygen atoms in total. The van der Waals surface area contributed by atoms with E-state index >= 15 is 0 Å². The van der Waals surface area contributed by atoms with Gasteiger partial charge in [0, 0.05) is 31.4 Å². The van der Waals surface area contributed by atoms with Crippen molar-refractivity contribution in [3.63, 3.8) is 0 Å². The lowest BCUT2D eigenvalue weighted by Crippen LogP contribution is -2.48. The highest BCUT2D eigenvalue weighted by Crippen LogP contribution is 2.31. The van der Waals surface area contributed by atoms with E-state index in [1.165, 1.54) is 0 Å². The van der Waals surface area contributed by atoms with Crippen LogP contribution in [0.1, 0.15) is 16.8 Å². The van der Waals surface area contributed by atoms with Gasteiger partial charge in [0.1, 0.15) is 28.9 Å². The van der Waals surface area contributed by atoms with Gasteiger partial charge in [-0.15, -0.1) is 0 Å². The Balaban J connectivity index is 1.93. The van der Waals surface area contributed by atoms with Crippen molar-refractivity contribution in [3.8, 4) is 5.69 Å². The van der Waals surface area contributed by atoms with Crippen LogP contribution in [0.4, 0.5) is 50.1 Å². The molecular weight excluding hydrogens is 553 g/mol. The maximum Gasteiger partial charge on any atom is 0.408 e. The number of pyridine rings is 2. The fraction of sp³-hybridized carbons (Fsp3) is 0.273. The minimum absolute atomic E-state index is 0.0966. The number of nitrogens with one attached hydrogen (secondary N) is 2. The summed E-state index contributed by atoms with van der Waals surface area (Å²) in [4.78, 5) is 42.8. The van der Waals surface area contributed by atoms with Crippen LogP contribution in [0.3, 0.4) is 0 Å². The molecule has 2 N–H and O–H groups in total. The van der Waals surface area contributed by atoms with Gasteiger partial charge in [0.15, 0.2) is 17.3 Å². The number of nitrogens with zero attached hydrogens (tertiary/aromatic N) is 3. The van der Waals surface area contributed by atoms with Crippen LogP contribution in [-0.2, 0) is 0 Å². The number of carbonyl (C=O) groups excluding carboxylic acids is 2. The van der Waals surface area contributed by atoms with Crippen LogP contribution < -0.4 is 21.0 Å². The van der Waals surface area contributed by atoms with E-state index in [1.807, 2.05) is 0 Å². The number of hydrogen-bond donors (Lipinski definition) is 2. The third-order valence-electron chi connectivity index (χ3n) is 5.57. The zero-order valence-corrected chi connectivity index (χ0v) is 19.1. The summed E-state index contributed by atoms with van der Waals surface area (Å²) in [5.41, 5.74) is -4.29. The molecule has 17 heteroatoms. The molecule has 0 bridgehead atoms. The van der Waals surface area contributed by atoms with Crippen LogP contribution in [0.2, 0.25) is 0 Å². The SMILES string of the molecule is O=C(N[C@@H](CC(F)(F)F)C(F)(F)F)c1cn(-c2c(F)cc(F)cc2F)c2nc(N3CCNC3=O)ccc2c1=O. The largest absolute Gasteiger partial charge is 0.408 e. The highest BCUT2D eigenvalue weighted by molar-refractivity contribution is 5.98. The number of amides is 3. The highest BCUT2D eigenvalue weighted by atomic mass is 19.4. The van der Waals surface area contributed by atoms with Gasteiger partial charge in [-0.05, 0) is 12.1 Å². The lowest BCUT2D eigenvalue weighted by molar-refractivity contribution is -0.199. The van der Waals surface area contributed by atoms with Gasteiger partial charge in [-0.1, -0.05) is 0 Å². The maximum absolute atomic E-state index is 14.7. The molecule has 0 unspecified atom stereocenters. The Labute approximate surface area is 211 Å². The maximum atomic E-state index is 14.7. The molecule has 2 aromatic heterocycles. The zero-order valence-electron chi connectivity index (χ0n) is 19.1. The van der Waals surface area contributed by atoms with Crippen molar-refractivity contribution in [2.24, 2.45) is 0 Å². The molecule has 1 aromatic carbocycles. The van der Waals surface area contributed by atoms with Gasteiger partial charge in [0.2, 0.25) is 5.43 Å². The van der Waals surface area contributed by atoms with Crippen LogP contribution in [0.5, 0.6) is 0 Å². The van der Waals surface area contributed by atoms with Gasteiger partial charge in [0.25, 0.3) is 5.91 Å². The van der Waals surface area contributed by atoms with Crippen molar-refractivity contribution < 1.29 is 49.1 Å². The first-order valence-electron chi connectivity index (χ1n) is 10.8. The fourth-order valence-corrected chi connectivity index (χ4v) is 3.85. The fourth-order valence-electron chi connectivity index (χ4n) is 3.85. The molecule has 0 saturated carbocycles. The Hall–Kier alpha value is -4.31. The summed E-state index contributed by atoms with van der Waals surface area (Å²) in [6.07, 6.45) is -13.1. The molecule has 39 heavy (non-hydrogen) atoms. The molecule has 0 aliphatic carbocycles. The molecule has 3 aromatic rings. The molecule has 1 aliphatic rings. The van der Waals surface area contributed by atoms with Crippen LogP contribution in [0.25, 0.3) is 16.7 Å². The predicted octanol–water partition coefficient (Wildman–Crippen LogP) is 3.95. The number of halogens is 9. The molecule has 4 rings (SSSR count). The number of hydrogen-bond acceptors (Lipinski definition) is 4. The number of rotatable bonds is 5. The van der Waals surface area contributed by atoms with Gasteiger partial charge in [-0.3, -0.25) is 19.1 Å². The van der Waals surface area contributed by atoms with E-state index < -0.39 is 81.9 Å². The van der Waals surface area contributed by atoms with Gasteiger partial charge in [-0.25, -0.2) is 22.9 Å². The normalized spacial score (nSPS) is 15.0. The van der Waals surface area contributed by atoms with E-state index in [-0.39, 0.29) is 31.0 Å². The second-order valence-corrected chi connectivity index (χ2v) is 8.27. The molecule has 0 spiro atoms. The van der Waals surface area contributed by atoms with Gasteiger partial charge in [-0.2, -0.15) is 26.3 Å². The number of anilines is 1. The van der Waals surface area contributed by atoms with Crippen LogP contribution in [-0.4, -0.2) is 53.0 Å². The number of aromatic nitrogens is 2. The second kappa shape index (κ2) is 9.77. The molecule has 1 fully saturated rings. The molecule has 1 saturated heterocycles. The lowest BCUT2D eigenvalue weighted by Gasteiger charge is -2.23. The molecule has 3 amide bonds. The van der Waals surface area contributed by atoms with Gasteiger partial charge >= 0.3 is 18.4 Å². The number of urea groups is 1. The van der Waals surface area contributed by atoms with E-state index in [4.69, 9.17) is 0 Å². The van der Waals surface area contributed by atoms with E-state index in [0.29, 0.717) is 10.8 Å². The third kappa shape index (κ3) is 5.61. The summed E-state index contributed by atoms with van der Waals surface area (Å²) in [7, 11) is 0. The molecular formula is C22H14F9N5O3. The molecule has 3 heterocycles. The second-order valence-electron chi connectivity index (χ2n) is 8.27. The standard InChI is InChI=1S/C22H14F9N5O3/c23-9-5-12(24)16(13(25)6-9)36-8-11(19(38)33-14(22(29,30)31)7-21(26,27)28)17(37)10-1-2-15(34-18(10)36)35-4-3-32-20(35)39/h1-2,5-6,8,14H,3-4,7H2,(H,32,39)(H,33,38)/t14-/m0/s1. The summed E-state index contributed by atoms with van der Waals surface area (Å²) < 4.78 is 121. The van der Waals surface area contributed by atoms with Gasteiger partial charge < -0.3 is 10.6 Å². The van der Waals surface area contributed by atoms with Crippen LogP contribution >= 0.6 is 0 Å². The number of fused-ring (bicyclic) bond motifs is 1. The van der Waals surface area contributed by atoms with E-state index in [9.17, 15) is 53.9 Å². The summed E-state index contributed by atoms with van der Waals surface area (Å²) in [6, 6.07) is -1.57. The van der Waals surface area contributed by atoms with Crippen molar-refractivity contribution in [1.29, 1.82) is 0 Å². The van der Waals surface area contributed by atoms with Crippen LogP contribution in [0.15, 0.2) is 35.3 Å². The van der Waals surface area contributed by atoms with E-state index in [0.717, 1.165) is 22.3 Å². The smallest absolute Gasteiger partial charge is 0.340 e. The molecule has 1 atom stereocenters. The van der Waals surface area contributed by atoms with E-state index in [2.05, 4.69) is 10.3 Å². The predicted molar refractivity (Wildman–Crippen MR) is 116 cm³/mol. The number of carbonyl (C=O) groups is 2. The Morgan fingerprint density at radius 3 is 2.23 bits per heavy atom. The number of benzene rings is 1. The minimum Gasteiger partial charge on any atom is -0.340 e. The van der Waals surface area contributed by atoms with Crippen molar-refractivity contribution in [3.05, 3.63) is 63.7 Å². The minimum atomic E-state index is -5.58. The van der Waals surface area contributed by atoms with Crippen LogP contribution in [0, 0.1) is 17.5 Å². The first kappa shape index (κ1) is 27.7. The summed E-state index contributed by atoms with van der Waals surface area (Å²) in [6.45, 7) is 0.295. The molecule has 1 aliphatic heterocycles. The topological polar surface area (TPSA) is 96.3 Å². The van der Waals surface area contributed by atoms with Crippen molar-refractivity contribution in [2.45, 2.75) is 24.8 Å². The zero-order chi connectivity index (χ0) is 28.9.